The molecule has 2 aromatic carbocycles. The standard InChI is InChI=1S/C33H33ClF7N9O3/c1-17(33(39,40)41)46-30(52)53-14-24(19-7-10-22(34)23(11-19)50-26(25(35)36)43-16-45-50)49-27(51)32(47-29(49)42,15-31(2,3)4)21-8-5-18(6-9-21)20-12-44-48(13-20)28(37)38/h5-13,16-17,24-25,28H,14-15H2,1-4H3,(H2,42,47)(H,46,52)/t17-,24+,32+/m0/s1. The SMILES string of the molecule is C[C@H](NC(=O)OC[C@H](c1ccc(Cl)c(-n2ncnc2C(F)F)c1)N1C(=O)[C@@](CC(C)(C)C)(c2ccc(-c3cnn(C(F)F)c3)cc2)N=C1N)C(F)(F)F. The van der Waals surface area contributed by atoms with Crippen LogP contribution >= 0.6 is 11.6 Å². The molecular formula is C33H33ClF7N9O3. The second-order valence-corrected chi connectivity index (χ2v) is 13.8. The van der Waals surface area contributed by atoms with Crippen molar-refractivity contribution in [2.24, 2.45) is 16.1 Å². The molecule has 53 heavy (non-hydrogen) atoms. The maximum absolute atomic E-state index is 14.8. The molecule has 3 atom stereocenters. The Bertz CT molecular complexity index is 1990. The van der Waals surface area contributed by atoms with Crippen LogP contribution in [0.1, 0.15) is 70.1 Å². The summed E-state index contributed by atoms with van der Waals surface area (Å²) < 4.78 is 99.9. The Morgan fingerprint density at radius 1 is 1.04 bits per heavy atom. The highest BCUT2D eigenvalue weighted by atomic mass is 35.5. The van der Waals surface area contributed by atoms with Crippen molar-refractivity contribution in [3.05, 3.63) is 83.2 Å². The number of nitrogens with two attached hydrogens (primary N) is 1. The summed E-state index contributed by atoms with van der Waals surface area (Å²) in [5, 5.41) is 9.10. The van der Waals surface area contributed by atoms with Gasteiger partial charge in [0.15, 0.2) is 17.3 Å². The summed E-state index contributed by atoms with van der Waals surface area (Å²) in [5.74, 6) is -1.83. The molecule has 0 radical (unpaired) electrons. The van der Waals surface area contributed by atoms with E-state index in [-0.39, 0.29) is 28.7 Å². The molecule has 284 valence electrons. The van der Waals surface area contributed by atoms with E-state index >= 15 is 0 Å². The number of alkyl carbamates (subject to hydrolysis) is 1. The highest BCUT2D eigenvalue weighted by Crippen LogP contribution is 2.45. The van der Waals surface area contributed by atoms with Gasteiger partial charge in [-0.1, -0.05) is 62.7 Å². The highest BCUT2D eigenvalue weighted by molar-refractivity contribution is 6.32. The molecule has 0 spiro atoms. The van der Waals surface area contributed by atoms with Gasteiger partial charge in [0.25, 0.3) is 12.3 Å². The number of rotatable bonds is 11. The summed E-state index contributed by atoms with van der Waals surface area (Å²) in [6.45, 7) is 2.61. The minimum Gasteiger partial charge on any atom is -0.447 e. The summed E-state index contributed by atoms with van der Waals surface area (Å²) in [6.07, 6.45) is -5.98. The number of nitrogens with one attached hydrogen (secondary N) is 1. The van der Waals surface area contributed by atoms with Crippen molar-refractivity contribution in [3.63, 3.8) is 0 Å². The van der Waals surface area contributed by atoms with E-state index in [0.717, 1.165) is 22.1 Å². The minimum absolute atomic E-state index is 0.0618. The molecule has 0 saturated heterocycles. The number of hydrogen-bond donors (Lipinski definition) is 2. The van der Waals surface area contributed by atoms with Crippen LogP contribution in [0.25, 0.3) is 16.8 Å². The first kappa shape index (κ1) is 39.0. The van der Waals surface area contributed by atoms with Crippen molar-refractivity contribution in [2.45, 2.75) is 70.9 Å². The number of carbonyl (C=O) groups excluding carboxylic acids is 2. The lowest BCUT2D eigenvalue weighted by Crippen LogP contribution is -2.48. The van der Waals surface area contributed by atoms with E-state index in [1.165, 1.54) is 24.4 Å². The Balaban J connectivity index is 1.58. The van der Waals surface area contributed by atoms with Crippen molar-refractivity contribution < 1.29 is 45.1 Å². The lowest BCUT2D eigenvalue weighted by atomic mass is 9.75. The molecule has 0 bridgehead atoms. The van der Waals surface area contributed by atoms with Crippen LogP contribution in [0.15, 0.2) is 66.2 Å². The van der Waals surface area contributed by atoms with Crippen LogP contribution in [0.4, 0.5) is 35.5 Å². The average Bonchev–Trinajstić information content (AvgIpc) is 3.81. The van der Waals surface area contributed by atoms with Gasteiger partial charge in [-0.15, -0.1) is 0 Å². The quantitative estimate of drug-likeness (QED) is 0.152. The summed E-state index contributed by atoms with van der Waals surface area (Å²) in [6, 6.07) is 6.60. The number of hydrogen-bond acceptors (Lipinski definition) is 8. The van der Waals surface area contributed by atoms with Gasteiger partial charge in [-0.3, -0.25) is 9.69 Å². The number of aliphatic imine (C=N–C) groups is 1. The second kappa shape index (κ2) is 14.7. The molecule has 5 rings (SSSR count). The summed E-state index contributed by atoms with van der Waals surface area (Å²) in [5.41, 5.74) is 5.41. The Morgan fingerprint density at radius 3 is 2.30 bits per heavy atom. The van der Waals surface area contributed by atoms with Crippen LogP contribution in [0.5, 0.6) is 0 Å². The third-order valence-corrected chi connectivity index (χ3v) is 8.59. The van der Waals surface area contributed by atoms with Gasteiger partial charge in [-0.05, 0) is 47.6 Å². The Labute approximate surface area is 302 Å². The minimum atomic E-state index is -4.79. The lowest BCUT2D eigenvalue weighted by Gasteiger charge is -2.35. The Kier molecular flexibility index (Phi) is 10.8. The summed E-state index contributed by atoms with van der Waals surface area (Å²) in [7, 11) is 0. The van der Waals surface area contributed by atoms with Crippen LogP contribution in [-0.2, 0) is 15.1 Å². The number of halogens is 8. The Morgan fingerprint density at radius 2 is 1.72 bits per heavy atom. The fraction of sp³-hybridized carbons (Fsp3) is 0.394. The van der Waals surface area contributed by atoms with Crippen LogP contribution in [-0.4, -0.2) is 66.2 Å². The molecule has 3 N–H and O–H groups in total. The fourth-order valence-electron chi connectivity index (χ4n) is 5.87. The van der Waals surface area contributed by atoms with Gasteiger partial charge in [0.1, 0.15) is 19.0 Å². The van der Waals surface area contributed by atoms with E-state index in [4.69, 9.17) is 22.1 Å². The lowest BCUT2D eigenvalue weighted by molar-refractivity contribution is -0.150. The number of amides is 2. The van der Waals surface area contributed by atoms with Crippen LogP contribution in [0, 0.1) is 5.41 Å². The van der Waals surface area contributed by atoms with Crippen LogP contribution < -0.4 is 11.1 Å². The van der Waals surface area contributed by atoms with Crippen LogP contribution in [0.3, 0.4) is 0 Å². The van der Waals surface area contributed by atoms with E-state index < -0.39 is 66.6 Å². The largest absolute Gasteiger partial charge is 0.447 e. The molecule has 4 aromatic rings. The van der Waals surface area contributed by atoms with E-state index in [0.29, 0.717) is 28.3 Å². The summed E-state index contributed by atoms with van der Waals surface area (Å²) >= 11 is 6.38. The third-order valence-electron chi connectivity index (χ3n) is 8.27. The average molecular weight is 772 g/mol. The zero-order valence-electron chi connectivity index (χ0n) is 28.5. The number of benzene rings is 2. The second-order valence-electron chi connectivity index (χ2n) is 13.4. The molecule has 3 heterocycles. The van der Waals surface area contributed by atoms with Gasteiger partial charge in [-0.25, -0.2) is 32.9 Å². The molecule has 0 saturated carbocycles. The molecule has 12 nitrogen and oxygen atoms in total. The van der Waals surface area contributed by atoms with Crippen molar-refractivity contribution in [2.75, 3.05) is 6.61 Å². The Hall–Kier alpha value is -5.20. The van der Waals surface area contributed by atoms with Gasteiger partial charge in [0, 0.05) is 11.8 Å². The molecule has 0 unspecified atom stereocenters. The van der Waals surface area contributed by atoms with E-state index in [2.05, 4.69) is 20.2 Å². The number of carbonyl (C=O) groups is 2. The molecule has 2 aromatic heterocycles. The first-order chi connectivity index (χ1) is 24.7. The highest BCUT2D eigenvalue weighted by Gasteiger charge is 2.53. The third kappa shape index (κ3) is 8.23. The zero-order chi connectivity index (χ0) is 39.0. The first-order valence-electron chi connectivity index (χ1n) is 15.8. The first-order valence-corrected chi connectivity index (χ1v) is 16.2. The number of ether oxygens (including phenoxy) is 1. The van der Waals surface area contributed by atoms with Gasteiger partial charge in [-0.2, -0.15) is 32.1 Å². The van der Waals surface area contributed by atoms with Crippen molar-refractivity contribution in [3.8, 4) is 16.8 Å². The number of guanidine groups is 1. The number of nitrogens with zero attached hydrogens (tertiary/aromatic N) is 7. The van der Waals surface area contributed by atoms with Crippen molar-refractivity contribution >= 4 is 29.6 Å². The van der Waals surface area contributed by atoms with Crippen molar-refractivity contribution in [1.29, 1.82) is 0 Å². The maximum Gasteiger partial charge on any atom is 0.408 e. The van der Waals surface area contributed by atoms with Gasteiger partial charge < -0.3 is 15.8 Å². The van der Waals surface area contributed by atoms with E-state index in [1.54, 1.807) is 29.6 Å². The smallest absolute Gasteiger partial charge is 0.408 e. The topological polar surface area (TPSA) is 146 Å². The fourth-order valence-corrected chi connectivity index (χ4v) is 6.06. The predicted molar refractivity (Wildman–Crippen MR) is 177 cm³/mol. The van der Waals surface area contributed by atoms with E-state index in [1.807, 2.05) is 20.8 Å². The monoisotopic (exact) mass is 771 g/mol. The molecule has 2 amide bonds. The molecule has 1 aliphatic rings. The molecule has 0 fully saturated rings. The molecule has 0 aliphatic carbocycles. The number of aromatic nitrogens is 5. The zero-order valence-corrected chi connectivity index (χ0v) is 29.2. The molecule has 20 heteroatoms. The van der Waals surface area contributed by atoms with Gasteiger partial charge >= 0.3 is 18.8 Å². The van der Waals surface area contributed by atoms with Crippen LogP contribution in [0.2, 0.25) is 5.02 Å². The summed E-state index contributed by atoms with van der Waals surface area (Å²) in [4.78, 5) is 36.6. The maximum atomic E-state index is 14.8. The van der Waals surface area contributed by atoms with E-state index in [9.17, 15) is 40.3 Å². The predicted octanol–water partition coefficient (Wildman–Crippen LogP) is 7.32. The van der Waals surface area contributed by atoms with Gasteiger partial charge in [0.2, 0.25) is 0 Å². The normalized spacial score (nSPS) is 17.7. The molecular weight excluding hydrogens is 739 g/mol. The van der Waals surface area contributed by atoms with Crippen molar-refractivity contribution in [1.82, 2.24) is 34.8 Å². The molecule has 1 aliphatic heterocycles. The number of alkyl halides is 7. The van der Waals surface area contributed by atoms with Gasteiger partial charge in [0.05, 0.1) is 22.9 Å².